The Hall–Kier alpha value is -2.94. The maximum atomic E-state index is 6.33. The van der Waals surface area contributed by atoms with Crippen molar-refractivity contribution in [2.24, 2.45) is 0 Å². The maximum Gasteiger partial charge on any atom is 0.125 e. The van der Waals surface area contributed by atoms with E-state index in [2.05, 4.69) is 42.5 Å². The van der Waals surface area contributed by atoms with E-state index < -0.39 is 0 Å². The van der Waals surface area contributed by atoms with E-state index in [0.29, 0.717) is 0 Å². The zero-order valence-electron chi connectivity index (χ0n) is 15.0. The van der Waals surface area contributed by atoms with Crippen molar-refractivity contribution in [1.82, 2.24) is 0 Å². The van der Waals surface area contributed by atoms with E-state index in [1.54, 1.807) is 14.2 Å². The van der Waals surface area contributed by atoms with Gasteiger partial charge in [-0.25, -0.2) is 0 Å². The van der Waals surface area contributed by atoms with Crippen LogP contribution in [0.5, 0.6) is 17.2 Å². The third kappa shape index (κ3) is 3.13. The van der Waals surface area contributed by atoms with Crippen molar-refractivity contribution < 1.29 is 14.2 Å². The summed E-state index contributed by atoms with van der Waals surface area (Å²) >= 11 is 0. The molecular weight excluding hydrogens is 324 g/mol. The van der Waals surface area contributed by atoms with E-state index in [-0.39, 0.29) is 12.0 Å². The molecule has 1 aliphatic rings. The third-order valence-electron chi connectivity index (χ3n) is 5.00. The summed E-state index contributed by atoms with van der Waals surface area (Å²) in [7, 11) is 3.38. The fourth-order valence-electron chi connectivity index (χ4n) is 3.60. The van der Waals surface area contributed by atoms with Gasteiger partial charge in [0.05, 0.1) is 14.2 Å². The fourth-order valence-corrected chi connectivity index (χ4v) is 3.60. The molecule has 0 bridgehead atoms. The van der Waals surface area contributed by atoms with Crippen LogP contribution in [0.3, 0.4) is 0 Å². The highest BCUT2D eigenvalue weighted by atomic mass is 16.5. The Morgan fingerprint density at radius 3 is 2.15 bits per heavy atom. The van der Waals surface area contributed by atoms with Crippen LogP contribution < -0.4 is 14.2 Å². The summed E-state index contributed by atoms with van der Waals surface area (Å²) in [6.07, 6.45) is 0.917. The first-order valence-corrected chi connectivity index (χ1v) is 8.82. The van der Waals surface area contributed by atoms with Crippen LogP contribution in [0.25, 0.3) is 0 Å². The molecule has 0 amide bonds. The van der Waals surface area contributed by atoms with Gasteiger partial charge in [0.1, 0.15) is 23.4 Å². The summed E-state index contributed by atoms with van der Waals surface area (Å²) in [6, 6.07) is 24.8. The van der Waals surface area contributed by atoms with Crippen LogP contribution in [0.2, 0.25) is 0 Å². The Morgan fingerprint density at radius 2 is 1.46 bits per heavy atom. The quantitative estimate of drug-likeness (QED) is 0.636. The van der Waals surface area contributed by atoms with Gasteiger partial charge in [-0.05, 0) is 47.9 Å². The second-order valence-electron chi connectivity index (χ2n) is 6.48. The first-order chi connectivity index (χ1) is 12.8. The summed E-state index contributed by atoms with van der Waals surface area (Å²) in [4.78, 5) is 0. The van der Waals surface area contributed by atoms with Crippen LogP contribution >= 0.6 is 0 Å². The predicted molar refractivity (Wildman–Crippen MR) is 102 cm³/mol. The van der Waals surface area contributed by atoms with Crippen molar-refractivity contribution in [2.75, 3.05) is 14.2 Å². The normalized spacial score (nSPS) is 18.5. The molecule has 1 aliphatic heterocycles. The molecule has 0 aliphatic carbocycles. The van der Waals surface area contributed by atoms with Crippen molar-refractivity contribution in [1.29, 1.82) is 0 Å². The molecule has 0 saturated heterocycles. The molecular formula is C23H22O3. The zero-order chi connectivity index (χ0) is 17.9. The van der Waals surface area contributed by atoms with E-state index >= 15 is 0 Å². The molecule has 0 fully saturated rings. The molecule has 3 nitrogen and oxygen atoms in total. The van der Waals surface area contributed by atoms with E-state index in [9.17, 15) is 0 Å². The van der Waals surface area contributed by atoms with Crippen molar-refractivity contribution in [3.63, 3.8) is 0 Å². The molecule has 4 rings (SSSR count). The molecule has 0 spiro atoms. The Bertz CT molecular complexity index is 872. The second-order valence-corrected chi connectivity index (χ2v) is 6.48. The average molecular weight is 346 g/mol. The number of rotatable bonds is 4. The number of hydrogen-bond donors (Lipinski definition) is 0. The van der Waals surface area contributed by atoms with E-state index in [4.69, 9.17) is 14.2 Å². The predicted octanol–water partition coefficient (Wildman–Crippen LogP) is 5.36. The van der Waals surface area contributed by atoms with Crippen LogP contribution in [-0.2, 0) is 0 Å². The first kappa shape index (κ1) is 16.5. The lowest BCUT2D eigenvalue weighted by atomic mass is 9.82. The number of benzene rings is 3. The van der Waals surface area contributed by atoms with Gasteiger partial charge in [0.25, 0.3) is 0 Å². The number of methoxy groups -OCH3 is 2. The first-order valence-electron chi connectivity index (χ1n) is 8.82. The molecule has 26 heavy (non-hydrogen) atoms. The molecule has 2 atom stereocenters. The Kier molecular flexibility index (Phi) is 4.53. The molecule has 0 unspecified atom stereocenters. The molecule has 3 heteroatoms. The lowest BCUT2D eigenvalue weighted by Gasteiger charge is -2.33. The minimum Gasteiger partial charge on any atom is -0.497 e. The largest absolute Gasteiger partial charge is 0.497 e. The van der Waals surface area contributed by atoms with Crippen molar-refractivity contribution >= 4 is 0 Å². The van der Waals surface area contributed by atoms with Gasteiger partial charge in [0.2, 0.25) is 0 Å². The number of fused-ring (bicyclic) bond motifs is 1. The van der Waals surface area contributed by atoms with Gasteiger partial charge < -0.3 is 14.2 Å². The highest BCUT2D eigenvalue weighted by molar-refractivity contribution is 5.49. The molecule has 3 aromatic rings. The topological polar surface area (TPSA) is 27.7 Å². The van der Waals surface area contributed by atoms with Gasteiger partial charge in [0, 0.05) is 11.5 Å². The lowest BCUT2D eigenvalue weighted by molar-refractivity contribution is 0.167. The molecule has 3 aromatic carbocycles. The smallest absolute Gasteiger partial charge is 0.125 e. The summed E-state index contributed by atoms with van der Waals surface area (Å²) in [5, 5.41) is 0. The Morgan fingerprint density at radius 1 is 0.769 bits per heavy atom. The number of hydrogen-bond acceptors (Lipinski definition) is 3. The molecule has 132 valence electrons. The number of ether oxygens (including phenoxy) is 3. The van der Waals surface area contributed by atoms with E-state index in [1.807, 2.05) is 30.3 Å². The van der Waals surface area contributed by atoms with Gasteiger partial charge in [-0.3, -0.25) is 0 Å². The van der Waals surface area contributed by atoms with Crippen LogP contribution in [-0.4, -0.2) is 14.2 Å². The average Bonchev–Trinajstić information content (AvgIpc) is 2.73. The van der Waals surface area contributed by atoms with Gasteiger partial charge >= 0.3 is 0 Å². The Labute approximate surface area is 154 Å². The summed E-state index contributed by atoms with van der Waals surface area (Å²) < 4.78 is 17.1. The highest BCUT2D eigenvalue weighted by Crippen LogP contribution is 2.46. The van der Waals surface area contributed by atoms with Crippen LogP contribution in [0.1, 0.15) is 35.1 Å². The van der Waals surface area contributed by atoms with Crippen molar-refractivity contribution in [2.45, 2.75) is 18.4 Å². The maximum absolute atomic E-state index is 6.33. The van der Waals surface area contributed by atoms with Crippen LogP contribution in [0, 0.1) is 0 Å². The SMILES string of the molecule is COc1ccc([C@@H]2C[C@H](c3ccccc3)Oc3ccc(OC)cc32)cc1. The fraction of sp³-hybridized carbons (Fsp3) is 0.217. The van der Waals surface area contributed by atoms with Crippen LogP contribution in [0.4, 0.5) is 0 Å². The van der Waals surface area contributed by atoms with E-state index in [0.717, 1.165) is 23.7 Å². The van der Waals surface area contributed by atoms with Crippen molar-refractivity contribution in [3.05, 3.63) is 89.5 Å². The van der Waals surface area contributed by atoms with Gasteiger partial charge in [-0.2, -0.15) is 0 Å². The zero-order valence-corrected chi connectivity index (χ0v) is 15.0. The van der Waals surface area contributed by atoms with Gasteiger partial charge in [-0.15, -0.1) is 0 Å². The molecule has 0 aromatic heterocycles. The minimum absolute atomic E-state index is 0.0317. The van der Waals surface area contributed by atoms with E-state index in [1.165, 1.54) is 16.7 Å². The minimum atomic E-state index is 0.0317. The van der Waals surface area contributed by atoms with Gasteiger partial charge in [-0.1, -0.05) is 42.5 Å². The summed E-state index contributed by atoms with van der Waals surface area (Å²) in [6.45, 7) is 0. The lowest BCUT2D eigenvalue weighted by Crippen LogP contribution is -2.20. The molecule has 1 heterocycles. The summed E-state index contributed by atoms with van der Waals surface area (Å²) in [5.74, 6) is 2.88. The highest BCUT2D eigenvalue weighted by Gasteiger charge is 2.30. The molecule has 0 N–H and O–H groups in total. The van der Waals surface area contributed by atoms with Crippen LogP contribution in [0.15, 0.2) is 72.8 Å². The molecule has 0 saturated carbocycles. The van der Waals surface area contributed by atoms with Gasteiger partial charge in [0.15, 0.2) is 0 Å². The molecule has 0 radical (unpaired) electrons. The third-order valence-corrected chi connectivity index (χ3v) is 5.00. The van der Waals surface area contributed by atoms with Crippen molar-refractivity contribution in [3.8, 4) is 17.2 Å². The summed E-state index contributed by atoms with van der Waals surface area (Å²) in [5.41, 5.74) is 3.62. The monoisotopic (exact) mass is 346 g/mol. The second kappa shape index (κ2) is 7.12. The standard InChI is InChI=1S/C23H22O3/c1-24-18-10-8-16(9-11-18)20-15-23(17-6-4-3-5-7-17)26-22-13-12-19(25-2)14-21(20)22/h3-14,20,23H,15H2,1-2H3/t20-,23+/m0/s1. The Balaban J connectivity index is 1.76.